The maximum Gasteiger partial charge on any atom is 0.129 e. The van der Waals surface area contributed by atoms with Gasteiger partial charge in [-0.3, -0.25) is 0 Å². The van der Waals surface area contributed by atoms with E-state index in [9.17, 15) is 4.39 Å². The van der Waals surface area contributed by atoms with Gasteiger partial charge in [0.1, 0.15) is 18.2 Å². The van der Waals surface area contributed by atoms with Gasteiger partial charge in [0.05, 0.1) is 0 Å². The van der Waals surface area contributed by atoms with Crippen molar-refractivity contribution in [3.63, 3.8) is 0 Å². The van der Waals surface area contributed by atoms with Crippen LogP contribution in [0.4, 0.5) is 10.1 Å². The summed E-state index contributed by atoms with van der Waals surface area (Å²) in [6.45, 7) is 0.212. The number of hydrogen-bond acceptors (Lipinski definition) is 2. The fourth-order valence-electron chi connectivity index (χ4n) is 1.53. The lowest BCUT2D eigenvalue weighted by atomic mass is 10.2. The highest BCUT2D eigenvalue weighted by molar-refractivity contribution is 9.10. The maximum absolute atomic E-state index is 13.5. The Balaban J connectivity index is 2.04. The van der Waals surface area contributed by atoms with Crippen LogP contribution in [0.15, 0.2) is 46.9 Å². The van der Waals surface area contributed by atoms with Crippen LogP contribution in [0.5, 0.6) is 5.75 Å². The molecule has 1 N–H and O–H groups in total. The van der Waals surface area contributed by atoms with E-state index in [1.807, 2.05) is 31.3 Å². The smallest absolute Gasteiger partial charge is 0.129 e. The van der Waals surface area contributed by atoms with E-state index >= 15 is 0 Å². The van der Waals surface area contributed by atoms with Gasteiger partial charge < -0.3 is 10.1 Å². The third-order valence-corrected chi connectivity index (χ3v) is 3.04. The van der Waals surface area contributed by atoms with E-state index in [2.05, 4.69) is 21.2 Å². The Bertz CT molecular complexity index is 528. The fraction of sp³-hybridized carbons (Fsp3) is 0.143. The Kier molecular flexibility index (Phi) is 4.20. The quantitative estimate of drug-likeness (QED) is 0.913. The van der Waals surface area contributed by atoms with Crippen molar-refractivity contribution in [3.8, 4) is 5.75 Å². The molecule has 2 aromatic carbocycles. The molecule has 2 rings (SSSR count). The van der Waals surface area contributed by atoms with Crippen LogP contribution in [0.1, 0.15) is 5.56 Å². The standard InChI is InChI=1S/C14H13BrFNO/c1-17-12-3-5-13(6-4-12)18-9-10-8-11(15)2-7-14(10)16/h2-8,17H,9H2,1H3. The number of nitrogens with one attached hydrogen (secondary N) is 1. The lowest BCUT2D eigenvalue weighted by Crippen LogP contribution is -1.98. The van der Waals surface area contributed by atoms with Crippen molar-refractivity contribution >= 4 is 21.6 Å². The maximum atomic E-state index is 13.5. The van der Waals surface area contributed by atoms with E-state index in [0.717, 1.165) is 10.2 Å². The fourth-order valence-corrected chi connectivity index (χ4v) is 1.94. The highest BCUT2D eigenvalue weighted by atomic mass is 79.9. The zero-order valence-electron chi connectivity index (χ0n) is 9.91. The molecule has 0 amide bonds. The first-order valence-corrected chi connectivity index (χ1v) is 6.33. The summed E-state index contributed by atoms with van der Waals surface area (Å²) in [6.07, 6.45) is 0. The number of benzene rings is 2. The Hall–Kier alpha value is -1.55. The molecule has 0 heterocycles. The van der Waals surface area contributed by atoms with Crippen molar-refractivity contribution in [3.05, 3.63) is 58.3 Å². The van der Waals surface area contributed by atoms with Crippen LogP contribution in [-0.4, -0.2) is 7.05 Å². The van der Waals surface area contributed by atoms with Crippen LogP contribution in [0.2, 0.25) is 0 Å². The van der Waals surface area contributed by atoms with Gasteiger partial charge in [-0.1, -0.05) is 15.9 Å². The summed E-state index contributed by atoms with van der Waals surface area (Å²) in [5, 5.41) is 3.02. The second-order valence-corrected chi connectivity index (χ2v) is 4.71. The molecule has 0 aliphatic carbocycles. The molecule has 0 aliphatic rings. The highest BCUT2D eigenvalue weighted by Gasteiger charge is 2.03. The van der Waals surface area contributed by atoms with Gasteiger partial charge in [0.15, 0.2) is 0 Å². The van der Waals surface area contributed by atoms with Crippen molar-refractivity contribution in [2.24, 2.45) is 0 Å². The van der Waals surface area contributed by atoms with Gasteiger partial charge >= 0.3 is 0 Å². The minimum Gasteiger partial charge on any atom is -0.489 e. The topological polar surface area (TPSA) is 21.3 Å². The van der Waals surface area contributed by atoms with Crippen molar-refractivity contribution < 1.29 is 9.13 Å². The largest absolute Gasteiger partial charge is 0.489 e. The third-order valence-electron chi connectivity index (χ3n) is 2.55. The first kappa shape index (κ1) is 12.9. The Labute approximate surface area is 114 Å². The van der Waals surface area contributed by atoms with Crippen LogP contribution in [0.3, 0.4) is 0 Å². The number of hydrogen-bond donors (Lipinski definition) is 1. The van der Waals surface area contributed by atoms with E-state index in [0.29, 0.717) is 11.3 Å². The molecule has 0 saturated carbocycles. The van der Waals surface area contributed by atoms with Crippen molar-refractivity contribution in [2.45, 2.75) is 6.61 Å². The Morgan fingerprint density at radius 2 is 1.89 bits per heavy atom. The second kappa shape index (κ2) is 5.87. The molecular weight excluding hydrogens is 297 g/mol. The van der Waals surface area contributed by atoms with Crippen LogP contribution in [0, 0.1) is 5.82 Å². The molecule has 2 nitrogen and oxygen atoms in total. The van der Waals surface area contributed by atoms with E-state index < -0.39 is 0 Å². The molecule has 0 aliphatic heterocycles. The molecule has 0 atom stereocenters. The average molecular weight is 310 g/mol. The summed E-state index contributed by atoms with van der Waals surface area (Å²) in [5.74, 6) is 0.457. The summed E-state index contributed by atoms with van der Waals surface area (Å²) in [6, 6.07) is 12.3. The molecule has 0 aromatic heterocycles. The Morgan fingerprint density at radius 1 is 1.17 bits per heavy atom. The van der Waals surface area contributed by atoms with Gasteiger partial charge in [0.25, 0.3) is 0 Å². The molecule has 0 unspecified atom stereocenters. The first-order valence-electron chi connectivity index (χ1n) is 5.53. The van der Waals surface area contributed by atoms with E-state index in [4.69, 9.17) is 4.74 Å². The zero-order chi connectivity index (χ0) is 13.0. The van der Waals surface area contributed by atoms with E-state index in [1.165, 1.54) is 6.07 Å². The van der Waals surface area contributed by atoms with Gasteiger partial charge in [-0.15, -0.1) is 0 Å². The minimum atomic E-state index is -0.259. The Morgan fingerprint density at radius 3 is 2.56 bits per heavy atom. The van der Waals surface area contributed by atoms with Gasteiger partial charge in [0, 0.05) is 22.8 Å². The monoisotopic (exact) mass is 309 g/mol. The molecule has 0 fully saturated rings. The van der Waals surface area contributed by atoms with Crippen LogP contribution in [-0.2, 0) is 6.61 Å². The van der Waals surface area contributed by atoms with Crippen LogP contribution >= 0.6 is 15.9 Å². The van der Waals surface area contributed by atoms with Crippen molar-refractivity contribution in [1.82, 2.24) is 0 Å². The molecule has 0 radical (unpaired) electrons. The summed E-state index contributed by atoms with van der Waals surface area (Å²) >= 11 is 3.31. The zero-order valence-corrected chi connectivity index (χ0v) is 11.5. The number of ether oxygens (including phenoxy) is 1. The number of rotatable bonds is 4. The average Bonchev–Trinajstić information content (AvgIpc) is 2.40. The predicted molar refractivity (Wildman–Crippen MR) is 74.4 cm³/mol. The van der Waals surface area contributed by atoms with E-state index in [-0.39, 0.29) is 12.4 Å². The van der Waals surface area contributed by atoms with Gasteiger partial charge in [0.2, 0.25) is 0 Å². The van der Waals surface area contributed by atoms with Gasteiger partial charge in [-0.05, 0) is 42.5 Å². The summed E-state index contributed by atoms with van der Waals surface area (Å²) in [7, 11) is 1.85. The molecule has 2 aromatic rings. The molecule has 94 valence electrons. The van der Waals surface area contributed by atoms with E-state index in [1.54, 1.807) is 12.1 Å². The minimum absolute atomic E-state index is 0.212. The lowest BCUT2D eigenvalue weighted by molar-refractivity contribution is 0.300. The summed E-state index contributed by atoms with van der Waals surface area (Å²) in [4.78, 5) is 0. The highest BCUT2D eigenvalue weighted by Crippen LogP contribution is 2.19. The normalized spacial score (nSPS) is 10.2. The lowest BCUT2D eigenvalue weighted by Gasteiger charge is -2.08. The molecule has 18 heavy (non-hydrogen) atoms. The third kappa shape index (κ3) is 3.23. The predicted octanol–water partition coefficient (Wildman–Crippen LogP) is 4.21. The number of anilines is 1. The molecule has 0 bridgehead atoms. The molecule has 0 saturated heterocycles. The van der Waals surface area contributed by atoms with Gasteiger partial charge in [-0.25, -0.2) is 4.39 Å². The van der Waals surface area contributed by atoms with Crippen LogP contribution < -0.4 is 10.1 Å². The van der Waals surface area contributed by atoms with Crippen LogP contribution in [0.25, 0.3) is 0 Å². The summed E-state index contributed by atoms with van der Waals surface area (Å²) < 4.78 is 19.9. The number of halogens is 2. The van der Waals surface area contributed by atoms with Crippen molar-refractivity contribution in [1.29, 1.82) is 0 Å². The van der Waals surface area contributed by atoms with Gasteiger partial charge in [-0.2, -0.15) is 0 Å². The molecule has 0 spiro atoms. The first-order chi connectivity index (χ1) is 8.69. The summed E-state index contributed by atoms with van der Waals surface area (Å²) in [5.41, 5.74) is 1.54. The SMILES string of the molecule is CNc1ccc(OCc2cc(Br)ccc2F)cc1. The molecular formula is C14H13BrFNO. The molecule has 4 heteroatoms. The van der Waals surface area contributed by atoms with Crippen molar-refractivity contribution in [2.75, 3.05) is 12.4 Å². The second-order valence-electron chi connectivity index (χ2n) is 3.80.